The lowest BCUT2D eigenvalue weighted by Gasteiger charge is -2.10. The number of aliphatic hydroxyl groups is 1. The van der Waals surface area contributed by atoms with Crippen LogP contribution in [0.5, 0.6) is 0 Å². The van der Waals surface area contributed by atoms with Crippen molar-refractivity contribution in [2.75, 3.05) is 13.2 Å². The van der Waals surface area contributed by atoms with Gasteiger partial charge in [-0.1, -0.05) is 36.4 Å². The maximum atomic E-state index is 9.67. The van der Waals surface area contributed by atoms with Crippen LogP contribution in [-0.2, 0) is 4.74 Å². The van der Waals surface area contributed by atoms with Crippen molar-refractivity contribution in [3.63, 3.8) is 0 Å². The standard InChI is InChI=1S/C12H16O2/c1-2-3-9-14-10-12(13)11-7-5-4-6-8-11/h2,4-8,12-13H,1,3,9-10H2. The summed E-state index contributed by atoms with van der Waals surface area (Å²) >= 11 is 0. The second kappa shape index (κ2) is 6.35. The van der Waals surface area contributed by atoms with E-state index in [4.69, 9.17) is 4.74 Å². The number of rotatable bonds is 6. The van der Waals surface area contributed by atoms with E-state index in [0.29, 0.717) is 13.2 Å². The van der Waals surface area contributed by atoms with E-state index in [0.717, 1.165) is 12.0 Å². The van der Waals surface area contributed by atoms with Gasteiger partial charge in [0.1, 0.15) is 6.10 Å². The van der Waals surface area contributed by atoms with E-state index in [1.807, 2.05) is 30.3 Å². The van der Waals surface area contributed by atoms with Crippen LogP contribution >= 0.6 is 0 Å². The smallest absolute Gasteiger partial charge is 0.102 e. The number of hydrogen-bond acceptors (Lipinski definition) is 2. The Kier molecular flexibility index (Phi) is 4.97. The van der Waals surface area contributed by atoms with Gasteiger partial charge in [-0.15, -0.1) is 6.58 Å². The zero-order chi connectivity index (χ0) is 10.2. The van der Waals surface area contributed by atoms with Crippen LogP contribution in [0.3, 0.4) is 0 Å². The van der Waals surface area contributed by atoms with Crippen molar-refractivity contribution in [2.45, 2.75) is 12.5 Å². The summed E-state index contributed by atoms with van der Waals surface area (Å²) in [7, 11) is 0. The molecular weight excluding hydrogens is 176 g/mol. The molecule has 0 fully saturated rings. The molecule has 0 saturated carbocycles. The van der Waals surface area contributed by atoms with Crippen LogP contribution in [0.2, 0.25) is 0 Å². The van der Waals surface area contributed by atoms with Gasteiger partial charge in [-0.25, -0.2) is 0 Å². The fourth-order valence-electron chi connectivity index (χ4n) is 1.13. The predicted octanol–water partition coefficient (Wildman–Crippen LogP) is 2.31. The van der Waals surface area contributed by atoms with Gasteiger partial charge >= 0.3 is 0 Å². The molecule has 0 aliphatic heterocycles. The lowest BCUT2D eigenvalue weighted by Crippen LogP contribution is -2.07. The van der Waals surface area contributed by atoms with Crippen molar-refractivity contribution in [3.05, 3.63) is 48.6 Å². The molecule has 1 aromatic rings. The topological polar surface area (TPSA) is 29.5 Å². The van der Waals surface area contributed by atoms with E-state index in [1.165, 1.54) is 0 Å². The van der Waals surface area contributed by atoms with Gasteiger partial charge in [0.05, 0.1) is 13.2 Å². The first kappa shape index (κ1) is 11.0. The first-order chi connectivity index (χ1) is 6.84. The third-order valence-electron chi connectivity index (χ3n) is 1.93. The van der Waals surface area contributed by atoms with Gasteiger partial charge in [0.15, 0.2) is 0 Å². The highest BCUT2D eigenvalue weighted by Crippen LogP contribution is 2.11. The number of benzene rings is 1. The third-order valence-corrected chi connectivity index (χ3v) is 1.93. The highest BCUT2D eigenvalue weighted by Gasteiger charge is 2.05. The Morgan fingerprint density at radius 2 is 2.07 bits per heavy atom. The Labute approximate surface area is 84.8 Å². The van der Waals surface area contributed by atoms with E-state index in [2.05, 4.69) is 6.58 Å². The van der Waals surface area contributed by atoms with Crippen LogP contribution < -0.4 is 0 Å². The minimum atomic E-state index is -0.527. The van der Waals surface area contributed by atoms with Crippen molar-refractivity contribution in [1.82, 2.24) is 0 Å². The van der Waals surface area contributed by atoms with E-state index in [9.17, 15) is 5.11 Å². The van der Waals surface area contributed by atoms with Crippen LogP contribution in [0.1, 0.15) is 18.1 Å². The zero-order valence-electron chi connectivity index (χ0n) is 8.23. The second-order valence-corrected chi connectivity index (χ2v) is 3.08. The largest absolute Gasteiger partial charge is 0.386 e. The Morgan fingerprint density at radius 3 is 2.71 bits per heavy atom. The molecule has 1 atom stereocenters. The van der Waals surface area contributed by atoms with Gasteiger partial charge < -0.3 is 9.84 Å². The molecule has 0 spiro atoms. The van der Waals surface area contributed by atoms with Gasteiger partial charge in [-0.2, -0.15) is 0 Å². The minimum absolute atomic E-state index is 0.345. The summed E-state index contributed by atoms with van der Waals surface area (Å²) in [5.41, 5.74) is 0.895. The van der Waals surface area contributed by atoms with Crippen LogP contribution in [0.4, 0.5) is 0 Å². The van der Waals surface area contributed by atoms with Gasteiger partial charge in [0, 0.05) is 0 Å². The number of aliphatic hydroxyl groups excluding tert-OH is 1. The maximum absolute atomic E-state index is 9.67. The summed E-state index contributed by atoms with van der Waals surface area (Å²) in [6.45, 7) is 4.56. The average molecular weight is 192 g/mol. The van der Waals surface area contributed by atoms with Crippen LogP contribution in [0, 0.1) is 0 Å². The molecule has 76 valence electrons. The van der Waals surface area contributed by atoms with Crippen LogP contribution in [0.25, 0.3) is 0 Å². The van der Waals surface area contributed by atoms with Crippen molar-refractivity contribution < 1.29 is 9.84 Å². The average Bonchev–Trinajstić information content (AvgIpc) is 2.25. The molecule has 1 rings (SSSR count). The molecule has 1 aromatic carbocycles. The molecule has 2 nitrogen and oxygen atoms in total. The Balaban J connectivity index is 2.28. The fraction of sp³-hybridized carbons (Fsp3) is 0.333. The minimum Gasteiger partial charge on any atom is -0.386 e. The van der Waals surface area contributed by atoms with Gasteiger partial charge in [0.2, 0.25) is 0 Å². The summed E-state index contributed by atoms with van der Waals surface area (Å²) in [5.74, 6) is 0. The van der Waals surface area contributed by atoms with Crippen LogP contribution in [-0.4, -0.2) is 18.3 Å². The molecule has 1 unspecified atom stereocenters. The van der Waals surface area contributed by atoms with E-state index < -0.39 is 6.10 Å². The molecule has 0 aliphatic carbocycles. The van der Waals surface area contributed by atoms with E-state index in [-0.39, 0.29) is 0 Å². The van der Waals surface area contributed by atoms with Crippen molar-refractivity contribution >= 4 is 0 Å². The summed E-state index contributed by atoms with van der Waals surface area (Å²) < 4.78 is 5.27. The van der Waals surface area contributed by atoms with Crippen molar-refractivity contribution in [3.8, 4) is 0 Å². The lowest BCUT2D eigenvalue weighted by atomic mass is 10.1. The molecule has 1 N–H and O–H groups in total. The quantitative estimate of drug-likeness (QED) is 0.553. The molecule has 0 aromatic heterocycles. The summed E-state index contributed by atoms with van der Waals surface area (Å²) in [4.78, 5) is 0. The summed E-state index contributed by atoms with van der Waals surface area (Å²) in [6.07, 6.45) is 2.09. The van der Waals surface area contributed by atoms with Gasteiger partial charge in [-0.3, -0.25) is 0 Å². The molecule has 0 bridgehead atoms. The molecule has 2 heteroatoms. The van der Waals surface area contributed by atoms with E-state index in [1.54, 1.807) is 6.08 Å². The van der Waals surface area contributed by atoms with Gasteiger partial charge in [-0.05, 0) is 12.0 Å². The molecule has 0 amide bonds. The van der Waals surface area contributed by atoms with Crippen molar-refractivity contribution in [1.29, 1.82) is 0 Å². The fourth-order valence-corrected chi connectivity index (χ4v) is 1.13. The number of hydrogen-bond donors (Lipinski definition) is 1. The lowest BCUT2D eigenvalue weighted by molar-refractivity contribution is 0.0381. The SMILES string of the molecule is C=CCCOCC(O)c1ccccc1. The Hall–Kier alpha value is -1.12. The van der Waals surface area contributed by atoms with Gasteiger partial charge in [0.25, 0.3) is 0 Å². The summed E-state index contributed by atoms with van der Waals surface area (Å²) in [5, 5.41) is 9.67. The van der Waals surface area contributed by atoms with E-state index >= 15 is 0 Å². The molecule has 14 heavy (non-hydrogen) atoms. The Morgan fingerprint density at radius 1 is 1.36 bits per heavy atom. The Bertz CT molecular complexity index is 256. The molecule has 0 heterocycles. The highest BCUT2D eigenvalue weighted by atomic mass is 16.5. The monoisotopic (exact) mass is 192 g/mol. The molecule has 0 saturated heterocycles. The highest BCUT2D eigenvalue weighted by molar-refractivity contribution is 5.17. The third kappa shape index (κ3) is 3.73. The maximum Gasteiger partial charge on any atom is 0.102 e. The van der Waals surface area contributed by atoms with Crippen molar-refractivity contribution in [2.24, 2.45) is 0 Å². The zero-order valence-corrected chi connectivity index (χ0v) is 8.23. The molecule has 0 radical (unpaired) electrons. The second-order valence-electron chi connectivity index (χ2n) is 3.08. The summed E-state index contributed by atoms with van der Waals surface area (Å²) in [6, 6.07) is 9.52. The predicted molar refractivity (Wildman–Crippen MR) is 57.0 cm³/mol. The molecule has 0 aliphatic rings. The van der Waals surface area contributed by atoms with Crippen LogP contribution in [0.15, 0.2) is 43.0 Å². The first-order valence-electron chi connectivity index (χ1n) is 4.76. The first-order valence-corrected chi connectivity index (χ1v) is 4.76. The molecular formula is C12H16O2. The normalized spacial score (nSPS) is 12.4. The number of ether oxygens (including phenoxy) is 1.